The molecule has 1 aromatic heterocycles. The van der Waals surface area contributed by atoms with Gasteiger partial charge in [-0.15, -0.1) is 11.8 Å². The molecule has 2 nitrogen and oxygen atoms in total. The van der Waals surface area contributed by atoms with Crippen molar-refractivity contribution in [1.29, 1.82) is 0 Å². The molecule has 0 aromatic carbocycles. The van der Waals surface area contributed by atoms with Gasteiger partial charge in [0.25, 0.3) is 0 Å². The summed E-state index contributed by atoms with van der Waals surface area (Å²) in [5.74, 6) is 0.419. The summed E-state index contributed by atoms with van der Waals surface area (Å²) >= 11 is 1.50. The second-order valence-corrected chi connectivity index (χ2v) is 2.32. The summed E-state index contributed by atoms with van der Waals surface area (Å²) in [6.45, 7) is 0. The van der Waals surface area contributed by atoms with Crippen molar-refractivity contribution < 1.29 is 9.21 Å². The fourth-order valence-corrected chi connectivity index (χ4v) is 1.05. The summed E-state index contributed by atoms with van der Waals surface area (Å²) in [4.78, 5) is 11.0. The van der Waals surface area contributed by atoms with Crippen LogP contribution >= 0.6 is 11.8 Å². The van der Waals surface area contributed by atoms with Crippen molar-refractivity contribution in [2.45, 2.75) is 4.90 Å². The lowest BCUT2D eigenvalue weighted by Crippen LogP contribution is -1.73. The zero-order valence-electron chi connectivity index (χ0n) is 4.96. The van der Waals surface area contributed by atoms with Gasteiger partial charge in [-0.05, 0) is 12.3 Å². The first-order chi connectivity index (χ1) is 4.38. The Hall–Kier alpha value is -0.700. The first-order valence-corrected chi connectivity index (χ1v) is 3.67. The number of carbonyl (C=O) groups is 1. The van der Waals surface area contributed by atoms with E-state index >= 15 is 0 Å². The van der Waals surface area contributed by atoms with Gasteiger partial charge in [0.15, 0.2) is 12.0 Å². The molecule has 0 N–H and O–H groups in total. The summed E-state index contributed by atoms with van der Waals surface area (Å²) < 4.78 is 4.82. The Bertz CT molecular complexity index is 205. The number of hydrogen-bond donors (Lipinski definition) is 0. The molecule has 0 spiro atoms. The van der Waals surface area contributed by atoms with Gasteiger partial charge in [-0.25, -0.2) is 0 Å². The molecule has 0 aliphatic rings. The molecule has 1 rings (SSSR count). The van der Waals surface area contributed by atoms with Crippen LogP contribution in [-0.2, 0) is 0 Å². The Morgan fingerprint density at radius 3 is 3.00 bits per heavy atom. The maximum atomic E-state index is 10.1. The number of furan rings is 1. The number of rotatable bonds is 2. The van der Waals surface area contributed by atoms with Crippen LogP contribution in [0.3, 0.4) is 0 Å². The van der Waals surface area contributed by atoms with E-state index in [2.05, 4.69) is 0 Å². The van der Waals surface area contributed by atoms with Gasteiger partial charge >= 0.3 is 0 Å². The highest BCUT2D eigenvalue weighted by atomic mass is 32.2. The van der Waals surface area contributed by atoms with Crippen LogP contribution in [0.5, 0.6) is 0 Å². The monoisotopic (exact) mass is 142 g/mol. The van der Waals surface area contributed by atoms with Crippen molar-refractivity contribution in [3.8, 4) is 0 Å². The molecule has 1 heterocycles. The molecule has 0 aliphatic heterocycles. The summed E-state index contributed by atoms with van der Waals surface area (Å²) in [5, 5.41) is 0. The molecule has 3 heteroatoms. The Morgan fingerprint density at radius 1 is 1.78 bits per heavy atom. The molecule has 48 valence electrons. The average Bonchev–Trinajstić information content (AvgIpc) is 2.33. The van der Waals surface area contributed by atoms with Crippen LogP contribution in [0.2, 0.25) is 0 Å². The number of hydrogen-bond acceptors (Lipinski definition) is 3. The fraction of sp³-hybridized carbons (Fsp3) is 0.167. The van der Waals surface area contributed by atoms with Crippen molar-refractivity contribution >= 4 is 18.0 Å². The lowest BCUT2D eigenvalue weighted by atomic mass is 10.5. The molecular formula is C6H6O2S. The molecule has 1 aromatic rings. The summed E-state index contributed by atoms with van der Waals surface area (Å²) in [6.07, 6.45) is 4.12. The zero-order valence-corrected chi connectivity index (χ0v) is 5.77. The van der Waals surface area contributed by atoms with Gasteiger partial charge in [-0.3, -0.25) is 4.79 Å². The smallest absolute Gasteiger partial charge is 0.186 e. The highest BCUT2D eigenvalue weighted by Gasteiger charge is 2.00. The molecule has 9 heavy (non-hydrogen) atoms. The number of aldehydes is 1. The maximum Gasteiger partial charge on any atom is 0.186 e. The number of carbonyl (C=O) groups excluding carboxylic acids is 1. The molecule has 0 saturated carbocycles. The molecule has 0 unspecified atom stereocenters. The third-order valence-corrected chi connectivity index (χ3v) is 1.76. The van der Waals surface area contributed by atoms with Gasteiger partial charge in [0.05, 0.1) is 11.2 Å². The van der Waals surface area contributed by atoms with E-state index in [1.807, 2.05) is 6.26 Å². The van der Waals surface area contributed by atoms with Crippen molar-refractivity contribution in [3.63, 3.8) is 0 Å². The molecule has 0 fully saturated rings. The van der Waals surface area contributed by atoms with Crippen molar-refractivity contribution in [2.75, 3.05) is 6.26 Å². The van der Waals surface area contributed by atoms with Crippen molar-refractivity contribution in [1.82, 2.24) is 0 Å². The van der Waals surface area contributed by atoms with E-state index in [1.54, 1.807) is 6.07 Å². The Morgan fingerprint density at radius 2 is 2.56 bits per heavy atom. The van der Waals surface area contributed by atoms with Gasteiger partial charge in [0, 0.05) is 0 Å². The van der Waals surface area contributed by atoms with Crippen LogP contribution in [0.25, 0.3) is 0 Å². The predicted molar refractivity (Wildman–Crippen MR) is 35.9 cm³/mol. The van der Waals surface area contributed by atoms with E-state index in [0.29, 0.717) is 12.0 Å². The Balaban J connectivity index is 2.98. The molecule has 0 bridgehead atoms. The van der Waals surface area contributed by atoms with Crippen LogP contribution < -0.4 is 0 Å². The first-order valence-electron chi connectivity index (χ1n) is 2.45. The van der Waals surface area contributed by atoms with Gasteiger partial charge in [0.2, 0.25) is 0 Å². The summed E-state index contributed by atoms with van der Waals surface area (Å²) in [5.41, 5.74) is 0. The lowest BCUT2D eigenvalue weighted by molar-refractivity contribution is 0.109. The van der Waals surface area contributed by atoms with Crippen LogP contribution in [0.15, 0.2) is 21.6 Å². The minimum atomic E-state index is 0.419. The minimum absolute atomic E-state index is 0.419. The third-order valence-electron chi connectivity index (χ3n) is 0.984. The van der Waals surface area contributed by atoms with E-state index in [4.69, 9.17) is 4.42 Å². The summed E-state index contributed by atoms with van der Waals surface area (Å²) in [7, 11) is 0. The predicted octanol–water partition coefficient (Wildman–Crippen LogP) is 1.81. The van der Waals surface area contributed by atoms with E-state index in [9.17, 15) is 4.79 Å². The van der Waals surface area contributed by atoms with Gasteiger partial charge in [-0.2, -0.15) is 0 Å². The van der Waals surface area contributed by atoms with Crippen molar-refractivity contribution in [3.05, 3.63) is 18.1 Å². The van der Waals surface area contributed by atoms with Crippen LogP contribution in [0, 0.1) is 0 Å². The average molecular weight is 142 g/mol. The molecule has 0 atom stereocenters. The number of thioether (sulfide) groups is 1. The highest BCUT2D eigenvalue weighted by molar-refractivity contribution is 7.98. The third kappa shape index (κ3) is 1.16. The van der Waals surface area contributed by atoms with E-state index in [0.717, 1.165) is 4.90 Å². The largest absolute Gasteiger partial charge is 0.460 e. The Kier molecular flexibility index (Phi) is 1.95. The first kappa shape index (κ1) is 6.42. The minimum Gasteiger partial charge on any atom is -0.460 e. The van der Waals surface area contributed by atoms with Gasteiger partial charge in [0.1, 0.15) is 0 Å². The quantitative estimate of drug-likeness (QED) is 0.466. The molecule has 0 radical (unpaired) electrons. The van der Waals surface area contributed by atoms with Gasteiger partial charge < -0.3 is 4.42 Å². The lowest BCUT2D eigenvalue weighted by Gasteiger charge is -1.85. The molecule has 0 aliphatic carbocycles. The standard InChI is InChI=1S/C6H6O2S/c1-9-6-2-3-8-5(6)4-7/h2-4H,1H3. The second kappa shape index (κ2) is 2.73. The van der Waals surface area contributed by atoms with E-state index in [1.165, 1.54) is 18.0 Å². The van der Waals surface area contributed by atoms with Crippen LogP contribution in [0.4, 0.5) is 0 Å². The molecule has 0 saturated heterocycles. The topological polar surface area (TPSA) is 30.2 Å². The van der Waals surface area contributed by atoms with Crippen LogP contribution in [0.1, 0.15) is 10.6 Å². The van der Waals surface area contributed by atoms with E-state index < -0.39 is 0 Å². The van der Waals surface area contributed by atoms with Crippen molar-refractivity contribution in [2.24, 2.45) is 0 Å². The van der Waals surface area contributed by atoms with Crippen LogP contribution in [-0.4, -0.2) is 12.5 Å². The highest BCUT2D eigenvalue weighted by Crippen LogP contribution is 2.18. The Labute approximate surface area is 57.2 Å². The van der Waals surface area contributed by atoms with Gasteiger partial charge in [-0.1, -0.05) is 0 Å². The fourth-order valence-electron chi connectivity index (χ4n) is 0.564. The van der Waals surface area contributed by atoms with E-state index in [-0.39, 0.29) is 0 Å². The molecule has 0 amide bonds. The normalized spacial score (nSPS) is 9.44. The summed E-state index contributed by atoms with van der Waals surface area (Å²) in [6, 6.07) is 1.77. The molecular weight excluding hydrogens is 136 g/mol. The SMILES string of the molecule is CSc1ccoc1C=O. The maximum absolute atomic E-state index is 10.1. The zero-order chi connectivity index (χ0) is 6.69. The second-order valence-electron chi connectivity index (χ2n) is 1.47.